The highest BCUT2D eigenvalue weighted by Gasteiger charge is 2.21. The Morgan fingerprint density at radius 1 is 0.960 bits per heavy atom. The summed E-state index contributed by atoms with van der Waals surface area (Å²) in [6.07, 6.45) is 4.25. The first-order chi connectivity index (χ1) is 12.3. The van der Waals surface area contributed by atoms with Gasteiger partial charge in [-0.2, -0.15) is 0 Å². The summed E-state index contributed by atoms with van der Waals surface area (Å²) in [6.45, 7) is 1.41. The average Bonchev–Trinajstić information content (AvgIpc) is 2.68. The molecule has 2 aromatic carbocycles. The van der Waals surface area contributed by atoms with Gasteiger partial charge in [0.05, 0.1) is 0 Å². The van der Waals surface area contributed by atoms with E-state index >= 15 is 0 Å². The van der Waals surface area contributed by atoms with Crippen molar-refractivity contribution in [1.29, 1.82) is 0 Å². The molecule has 1 N–H and O–H groups in total. The predicted octanol–water partition coefficient (Wildman–Crippen LogP) is 3.42. The summed E-state index contributed by atoms with van der Waals surface area (Å²) < 4.78 is 0. The maximum Gasteiger partial charge on any atom is 0.254 e. The van der Waals surface area contributed by atoms with Crippen LogP contribution in [0, 0.1) is 0 Å². The van der Waals surface area contributed by atoms with E-state index in [1.807, 2.05) is 35.2 Å². The van der Waals surface area contributed by atoms with Gasteiger partial charge in [0.25, 0.3) is 5.91 Å². The summed E-state index contributed by atoms with van der Waals surface area (Å²) in [5.41, 5.74) is 4.03. The van der Waals surface area contributed by atoms with Crippen molar-refractivity contribution < 1.29 is 4.79 Å². The molecule has 0 atom stereocenters. The van der Waals surface area contributed by atoms with Crippen LogP contribution in [0.1, 0.15) is 21.5 Å². The van der Waals surface area contributed by atoms with E-state index in [4.69, 9.17) is 0 Å². The number of aromatic nitrogens is 2. The molecule has 0 unspecified atom stereocenters. The lowest BCUT2D eigenvalue weighted by atomic mass is 9.99. The quantitative estimate of drug-likeness (QED) is 0.799. The van der Waals surface area contributed by atoms with Crippen LogP contribution in [0.15, 0.2) is 67.0 Å². The third-order valence-electron chi connectivity index (χ3n) is 4.35. The lowest BCUT2D eigenvalue weighted by Gasteiger charge is -2.29. The standard InChI is InChI=1S/C20H18N4O/c25-19(24-12-9-15-5-1-2-6-17(15)14-24)16-7-3-8-18(13-16)23-20-21-10-4-11-22-20/h1-8,10-11,13H,9,12,14H2,(H,21,22,23). The number of benzene rings is 2. The first-order valence-electron chi connectivity index (χ1n) is 8.30. The second-order valence-corrected chi connectivity index (χ2v) is 6.02. The second-order valence-electron chi connectivity index (χ2n) is 6.02. The number of hydrogen-bond donors (Lipinski definition) is 1. The number of amides is 1. The van der Waals surface area contributed by atoms with Gasteiger partial charge in [-0.15, -0.1) is 0 Å². The minimum absolute atomic E-state index is 0.0483. The smallest absolute Gasteiger partial charge is 0.254 e. The summed E-state index contributed by atoms with van der Waals surface area (Å²) in [4.78, 5) is 23.1. The first-order valence-corrected chi connectivity index (χ1v) is 8.30. The van der Waals surface area contributed by atoms with Gasteiger partial charge in [0.15, 0.2) is 0 Å². The zero-order valence-corrected chi connectivity index (χ0v) is 13.7. The van der Waals surface area contributed by atoms with Gasteiger partial charge in [0, 0.05) is 36.7 Å². The number of carbonyl (C=O) groups is 1. The fraction of sp³-hybridized carbons (Fsp3) is 0.150. The summed E-state index contributed by atoms with van der Waals surface area (Å²) in [7, 11) is 0. The van der Waals surface area contributed by atoms with Gasteiger partial charge < -0.3 is 10.2 Å². The zero-order chi connectivity index (χ0) is 17.1. The number of carbonyl (C=O) groups excluding carboxylic acids is 1. The van der Waals surface area contributed by atoms with E-state index in [2.05, 4.69) is 33.5 Å². The lowest BCUT2D eigenvalue weighted by Crippen LogP contribution is -2.35. The number of fused-ring (bicyclic) bond motifs is 1. The number of anilines is 2. The molecule has 0 radical (unpaired) electrons. The Hall–Kier alpha value is -3.21. The molecule has 0 saturated carbocycles. The molecule has 25 heavy (non-hydrogen) atoms. The molecule has 0 saturated heterocycles. The molecular weight excluding hydrogens is 312 g/mol. The van der Waals surface area contributed by atoms with Crippen LogP contribution in [-0.2, 0) is 13.0 Å². The normalized spacial score (nSPS) is 13.2. The Morgan fingerprint density at radius 2 is 1.76 bits per heavy atom. The van der Waals surface area contributed by atoms with Gasteiger partial charge in [0.2, 0.25) is 5.95 Å². The monoisotopic (exact) mass is 330 g/mol. The summed E-state index contributed by atoms with van der Waals surface area (Å²) in [5.74, 6) is 0.561. The molecule has 1 aliphatic heterocycles. The average molecular weight is 330 g/mol. The van der Waals surface area contributed by atoms with Crippen LogP contribution in [0.4, 0.5) is 11.6 Å². The lowest BCUT2D eigenvalue weighted by molar-refractivity contribution is 0.0735. The van der Waals surface area contributed by atoms with Crippen molar-refractivity contribution in [1.82, 2.24) is 14.9 Å². The van der Waals surface area contributed by atoms with Gasteiger partial charge in [0.1, 0.15) is 0 Å². The number of rotatable bonds is 3. The van der Waals surface area contributed by atoms with Crippen molar-refractivity contribution in [2.45, 2.75) is 13.0 Å². The van der Waals surface area contributed by atoms with Crippen molar-refractivity contribution >= 4 is 17.5 Å². The van der Waals surface area contributed by atoms with Crippen molar-refractivity contribution in [3.05, 3.63) is 83.7 Å². The molecule has 124 valence electrons. The van der Waals surface area contributed by atoms with Crippen LogP contribution in [-0.4, -0.2) is 27.3 Å². The minimum Gasteiger partial charge on any atom is -0.334 e. The minimum atomic E-state index is 0.0483. The Kier molecular flexibility index (Phi) is 4.12. The van der Waals surface area contributed by atoms with Crippen LogP contribution >= 0.6 is 0 Å². The van der Waals surface area contributed by atoms with Crippen molar-refractivity contribution in [3.8, 4) is 0 Å². The van der Waals surface area contributed by atoms with E-state index < -0.39 is 0 Å². The number of nitrogens with one attached hydrogen (secondary N) is 1. The maximum absolute atomic E-state index is 12.9. The summed E-state index contributed by atoms with van der Waals surface area (Å²) >= 11 is 0. The van der Waals surface area contributed by atoms with Crippen LogP contribution in [0.2, 0.25) is 0 Å². The third-order valence-corrected chi connectivity index (χ3v) is 4.35. The molecule has 0 fully saturated rings. The van der Waals surface area contributed by atoms with Gasteiger partial charge in [-0.1, -0.05) is 30.3 Å². The Balaban J connectivity index is 1.52. The maximum atomic E-state index is 12.9. The second kappa shape index (κ2) is 6.73. The van der Waals surface area contributed by atoms with E-state index in [9.17, 15) is 4.79 Å². The molecule has 2 heterocycles. The fourth-order valence-electron chi connectivity index (χ4n) is 3.07. The Labute approximate surface area is 146 Å². The SMILES string of the molecule is O=C(c1cccc(Nc2ncccn2)c1)N1CCc2ccccc2C1. The highest BCUT2D eigenvalue weighted by Crippen LogP contribution is 2.22. The third kappa shape index (κ3) is 3.35. The summed E-state index contributed by atoms with van der Waals surface area (Å²) in [5, 5.41) is 3.12. The molecule has 0 spiro atoms. The van der Waals surface area contributed by atoms with E-state index in [1.54, 1.807) is 18.5 Å². The molecule has 4 rings (SSSR count). The van der Waals surface area contributed by atoms with Gasteiger partial charge >= 0.3 is 0 Å². The van der Waals surface area contributed by atoms with E-state index in [0.717, 1.165) is 18.7 Å². The van der Waals surface area contributed by atoms with Crippen LogP contribution in [0.25, 0.3) is 0 Å². The highest BCUT2D eigenvalue weighted by molar-refractivity contribution is 5.95. The van der Waals surface area contributed by atoms with E-state index in [-0.39, 0.29) is 5.91 Å². The van der Waals surface area contributed by atoms with Gasteiger partial charge in [-0.3, -0.25) is 4.79 Å². The molecule has 0 bridgehead atoms. The van der Waals surface area contributed by atoms with Crippen LogP contribution in [0.3, 0.4) is 0 Å². The topological polar surface area (TPSA) is 58.1 Å². The van der Waals surface area contributed by atoms with Crippen molar-refractivity contribution in [2.75, 3.05) is 11.9 Å². The van der Waals surface area contributed by atoms with Crippen LogP contribution in [0.5, 0.6) is 0 Å². The number of nitrogens with zero attached hydrogens (tertiary/aromatic N) is 3. The van der Waals surface area contributed by atoms with Gasteiger partial charge in [-0.25, -0.2) is 9.97 Å². The molecule has 1 aliphatic rings. The molecule has 1 amide bonds. The molecular formula is C20H18N4O. The first kappa shape index (κ1) is 15.3. The number of hydrogen-bond acceptors (Lipinski definition) is 4. The summed E-state index contributed by atoms with van der Waals surface area (Å²) in [6, 6.07) is 17.5. The molecule has 0 aliphatic carbocycles. The molecule has 5 heteroatoms. The molecule has 1 aromatic heterocycles. The van der Waals surface area contributed by atoms with E-state index in [1.165, 1.54) is 11.1 Å². The Bertz CT molecular complexity index is 895. The predicted molar refractivity (Wildman–Crippen MR) is 96.6 cm³/mol. The zero-order valence-electron chi connectivity index (χ0n) is 13.7. The van der Waals surface area contributed by atoms with Crippen LogP contribution < -0.4 is 5.32 Å². The fourth-order valence-corrected chi connectivity index (χ4v) is 3.07. The van der Waals surface area contributed by atoms with Crippen molar-refractivity contribution in [3.63, 3.8) is 0 Å². The molecule has 5 nitrogen and oxygen atoms in total. The Morgan fingerprint density at radius 3 is 2.60 bits per heavy atom. The van der Waals surface area contributed by atoms with Gasteiger partial charge in [-0.05, 0) is 41.8 Å². The molecule has 3 aromatic rings. The highest BCUT2D eigenvalue weighted by atomic mass is 16.2. The van der Waals surface area contributed by atoms with Crippen molar-refractivity contribution in [2.24, 2.45) is 0 Å². The largest absolute Gasteiger partial charge is 0.334 e. The van der Waals surface area contributed by atoms with E-state index in [0.29, 0.717) is 18.1 Å².